The van der Waals surface area contributed by atoms with Gasteiger partial charge >= 0.3 is 0 Å². The van der Waals surface area contributed by atoms with E-state index in [0.29, 0.717) is 37.3 Å². The zero-order valence-electron chi connectivity index (χ0n) is 14.4. The number of thioether (sulfide) groups is 1. The molecule has 0 radical (unpaired) electrons. The number of carbonyl (C=O) groups excluding carboxylic acids is 1. The van der Waals surface area contributed by atoms with E-state index in [2.05, 4.69) is 15.5 Å². The summed E-state index contributed by atoms with van der Waals surface area (Å²) in [4.78, 5) is 12.3. The van der Waals surface area contributed by atoms with Crippen molar-refractivity contribution in [3.05, 3.63) is 57.5 Å². The minimum atomic E-state index is -0.294. The summed E-state index contributed by atoms with van der Waals surface area (Å²) in [6.07, 6.45) is 0. The molecule has 3 rings (SSSR count). The molecule has 0 unspecified atom stereocenters. The van der Waals surface area contributed by atoms with E-state index in [-0.39, 0.29) is 24.8 Å². The fourth-order valence-electron chi connectivity index (χ4n) is 2.46. The topological polar surface area (TPSA) is 80.0 Å². The highest BCUT2D eigenvalue weighted by Crippen LogP contribution is 2.31. The molecule has 1 amide bonds. The maximum atomic E-state index is 12.3. The molecule has 0 fully saturated rings. The van der Waals surface area contributed by atoms with E-state index in [4.69, 9.17) is 34.8 Å². The molecule has 0 saturated heterocycles. The number of halogens is 3. The minimum absolute atomic E-state index is 0.0631. The molecule has 1 aromatic heterocycles. The number of benzene rings is 2. The normalized spacial score (nSPS) is 10.9. The molecule has 2 N–H and O–H groups in total. The summed E-state index contributed by atoms with van der Waals surface area (Å²) in [6.45, 7) is 0.165. The van der Waals surface area contributed by atoms with Gasteiger partial charge in [-0.15, -0.1) is 10.2 Å². The van der Waals surface area contributed by atoms with E-state index < -0.39 is 0 Å². The number of para-hydroxylation sites is 1. The Balaban J connectivity index is 1.76. The van der Waals surface area contributed by atoms with Gasteiger partial charge in [0.1, 0.15) is 0 Å². The number of hydrogen-bond donors (Lipinski definition) is 2. The standard InChI is InChI=1S/C18H15Cl3N4O2S/c19-12-5-2-1-4-11(12)17-23-24-18(25(17)8-9-26)28-10-15(27)22-16-13(20)6-3-7-14(16)21/h1-7,26H,8-10H2,(H,22,27). The van der Waals surface area contributed by atoms with Crippen LogP contribution in [0.25, 0.3) is 11.4 Å². The molecule has 0 aliphatic heterocycles. The Morgan fingerprint density at radius 2 is 1.71 bits per heavy atom. The van der Waals surface area contributed by atoms with Crippen LogP contribution in [0.2, 0.25) is 15.1 Å². The quantitative estimate of drug-likeness (QED) is 0.506. The maximum absolute atomic E-state index is 12.3. The molecular formula is C18H15Cl3N4O2S. The molecule has 28 heavy (non-hydrogen) atoms. The van der Waals surface area contributed by atoms with Crippen LogP contribution in [0, 0.1) is 0 Å². The van der Waals surface area contributed by atoms with Crippen molar-refractivity contribution in [2.45, 2.75) is 11.7 Å². The third-order valence-electron chi connectivity index (χ3n) is 3.71. The highest BCUT2D eigenvalue weighted by molar-refractivity contribution is 7.99. The highest BCUT2D eigenvalue weighted by Gasteiger charge is 2.18. The molecule has 3 aromatic rings. The first-order valence-corrected chi connectivity index (χ1v) is 10.3. The number of aliphatic hydroxyl groups is 1. The van der Waals surface area contributed by atoms with Crippen molar-refractivity contribution >= 4 is 58.2 Å². The Hall–Kier alpha value is -1.77. The van der Waals surface area contributed by atoms with Gasteiger partial charge in [0.2, 0.25) is 5.91 Å². The van der Waals surface area contributed by atoms with Gasteiger partial charge in [0.15, 0.2) is 11.0 Å². The molecule has 6 nitrogen and oxygen atoms in total. The zero-order valence-corrected chi connectivity index (χ0v) is 17.5. The van der Waals surface area contributed by atoms with E-state index in [9.17, 15) is 9.90 Å². The van der Waals surface area contributed by atoms with Gasteiger partial charge in [-0.25, -0.2) is 0 Å². The molecule has 0 atom stereocenters. The third-order valence-corrected chi connectivity index (χ3v) is 5.64. The van der Waals surface area contributed by atoms with Gasteiger partial charge in [-0.3, -0.25) is 9.36 Å². The van der Waals surface area contributed by atoms with Gasteiger partial charge < -0.3 is 10.4 Å². The van der Waals surface area contributed by atoms with Crippen molar-refractivity contribution in [2.75, 3.05) is 17.7 Å². The van der Waals surface area contributed by atoms with Gasteiger partial charge in [-0.1, -0.05) is 64.8 Å². The van der Waals surface area contributed by atoms with Crippen molar-refractivity contribution in [1.82, 2.24) is 14.8 Å². The molecule has 146 valence electrons. The molecule has 0 saturated carbocycles. The molecule has 0 aliphatic rings. The first-order valence-electron chi connectivity index (χ1n) is 8.17. The number of hydrogen-bond acceptors (Lipinski definition) is 5. The van der Waals surface area contributed by atoms with Crippen molar-refractivity contribution in [1.29, 1.82) is 0 Å². The highest BCUT2D eigenvalue weighted by atomic mass is 35.5. The lowest BCUT2D eigenvalue weighted by atomic mass is 10.2. The van der Waals surface area contributed by atoms with Crippen molar-refractivity contribution < 1.29 is 9.90 Å². The molecule has 0 spiro atoms. The number of aromatic nitrogens is 3. The van der Waals surface area contributed by atoms with Gasteiger partial charge in [-0.2, -0.15) is 0 Å². The first kappa shape index (κ1) is 21.0. The summed E-state index contributed by atoms with van der Waals surface area (Å²) in [5, 5.41) is 22.2. The van der Waals surface area contributed by atoms with Crippen LogP contribution in [0.4, 0.5) is 5.69 Å². The van der Waals surface area contributed by atoms with Crippen LogP contribution in [0.15, 0.2) is 47.6 Å². The third kappa shape index (κ3) is 4.79. The van der Waals surface area contributed by atoms with Gasteiger partial charge in [0, 0.05) is 12.1 Å². The summed E-state index contributed by atoms with van der Waals surface area (Å²) in [6, 6.07) is 12.2. The second-order valence-electron chi connectivity index (χ2n) is 5.59. The Labute approximate surface area is 180 Å². The molecule has 0 bridgehead atoms. The van der Waals surface area contributed by atoms with E-state index in [1.54, 1.807) is 28.8 Å². The van der Waals surface area contributed by atoms with E-state index >= 15 is 0 Å². The smallest absolute Gasteiger partial charge is 0.234 e. The fraction of sp³-hybridized carbons (Fsp3) is 0.167. The summed E-state index contributed by atoms with van der Waals surface area (Å²) in [5.74, 6) is 0.294. The monoisotopic (exact) mass is 456 g/mol. The number of carbonyl (C=O) groups is 1. The van der Waals surface area contributed by atoms with Crippen molar-refractivity contribution in [3.63, 3.8) is 0 Å². The molecule has 10 heteroatoms. The second-order valence-corrected chi connectivity index (χ2v) is 7.76. The lowest BCUT2D eigenvalue weighted by Crippen LogP contribution is -2.15. The summed E-state index contributed by atoms with van der Waals surface area (Å²) in [7, 11) is 0. The van der Waals surface area contributed by atoms with Gasteiger partial charge in [0.05, 0.1) is 33.1 Å². The summed E-state index contributed by atoms with van der Waals surface area (Å²) in [5.41, 5.74) is 1.06. The summed E-state index contributed by atoms with van der Waals surface area (Å²) < 4.78 is 1.72. The van der Waals surface area contributed by atoms with Crippen LogP contribution in [0.1, 0.15) is 0 Å². The van der Waals surface area contributed by atoms with Crippen molar-refractivity contribution in [3.8, 4) is 11.4 Å². The Morgan fingerprint density at radius 3 is 2.39 bits per heavy atom. The average Bonchev–Trinajstić information content (AvgIpc) is 3.06. The van der Waals surface area contributed by atoms with Crippen LogP contribution in [-0.2, 0) is 11.3 Å². The molecule has 1 heterocycles. The number of nitrogens with one attached hydrogen (secondary N) is 1. The molecular weight excluding hydrogens is 443 g/mol. The Kier molecular flexibility index (Phi) is 7.20. The number of nitrogens with zero attached hydrogens (tertiary/aromatic N) is 3. The van der Waals surface area contributed by atoms with Crippen LogP contribution < -0.4 is 5.32 Å². The molecule has 2 aromatic carbocycles. The summed E-state index contributed by atoms with van der Waals surface area (Å²) >= 11 is 19.6. The minimum Gasteiger partial charge on any atom is -0.395 e. The largest absolute Gasteiger partial charge is 0.395 e. The number of rotatable bonds is 7. The predicted octanol–water partition coefficient (Wildman–Crippen LogP) is 4.63. The number of amides is 1. The number of aliphatic hydroxyl groups excluding tert-OH is 1. The Bertz CT molecular complexity index is 976. The van der Waals surface area contributed by atoms with Crippen LogP contribution in [0.5, 0.6) is 0 Å². The lowest BCUT2D eigenvalue weighted by molar-refractivity contribution is -0.113. The van der Waals surface area contributed by atoms with Crippen LogP contribution in [-0.4, -0.2) is 38.1 Å². The van der Waals surface area contributed by atoms with E-state index in [1.807, 2.05) is 18.2 Å². The second kappa shape index (κ2) is 9.62. The van der Waals surface area contributed by atoms with Crippen LogP contribution >= 0.6 is 46.6 Å². The van der Waals surface area contributed by atoms with Gasteiger partial charge in [-0.05, 0) is 24.3 Å². The Morgan fingerprint density at radius 1 is 1.04 bits per heavy atom. The fourth-order valence-corrected chi connectivity index (χ4v) is 3.94. The molecule has 0 aliphatic carbocycles. The maximum Gasteiger partial charge on any atom is 0.234 e. The average molecular weight is 458 g/mol. The zero-order chi connectivity index (χ0) is 20.1. The predicted molar refractivity (Wildman–Crippen MR) is 113 cm³/mol. The van der Waals surface area contributed by atoms with E-state index in [0.717, 1.165) is 0 Å². The lowest BCUT2D eigenvalue weighted by Gasteiger charge is -2.10. The van der Waals surface area contributed by atoms with Crippen LogP contribution in [0.3, 0.4) is 0 Å². The van der Waals surface area contributed by atoms with Gasteiger partial charge in [0.25, 0.3) is 0 Å². The van der Waals surface area contributed by atoms with Crippen molar-refractivity contribution in [2.24, 2.45) is 0 Å². The number of anilines is 1. The van der Waals surface area contributed by atoms with E-state index in [1.165, 1.54) is 11.8 Å². The first-order chi connectivity index (χ1) is 13.5. The SMILES string of the molecule is O=C(CSc1nnc(-c2ccccc2Cl)n1CCO)Nc1c(Cl)cccc1Cl.